The van der Waals surface area contributed by atoms with E-state index in [-0.39, 0.29) is 23.3 Å². The standard InChI is InChI=1S/C40H49N7O6/c1-45-23-32(31-22-41-44-38(31)40(45)51)28-20-34(52-2)30(35(21-28)53-3)9-4-25-12-16-46(17-13-25)24-37(49)47-18-14-27(15-19-47)26-5-7-29(8-6-26)42-33-10-11-36(48)43-39(33)50/h5-8,20-23,25,27,33,42H,4,9-19,24H2,1-3H3,(H,41,44)(H,43,48,50). The lowest BCUT2D eigenvalue weighted by molar-refractivity contribution is -0.134. The molecule has 0 bridgehead atoms. The van der Waals surface area contributed by atoms with Crippen LogP contribution in [0, 0.1) is 5.92 Å². The molecular weight excluding hydrogens is 674 g/mol. The van der Waals surface area contributed by atoms with E-state index in [0.29, 0.717) is 36.7 Å². The summed E-state index contributed by atoms with van der Waals surface area (Å²) in [4.78, 5) is 53.8. The van der Waals surface area contributed by atoms with E-state index in [9.17, 15) is 19.2 Å². The van der Waals surface area contributed by atoms with Crippen molar-refractivity contribution in [2.75, 3.05) is 52.3 Å². The topological polar surface area (TPSA) is 151 Å². The number of aryl methyl sites for hydroxylation is 1. The van der Waals surface area contributed by atoms with Crippen molar-refractivity contribution in [1.29, 1.82) is 0 Å². The van der Waals surface area contributed by atoms with E-state index in [1.165, 1.54) is 5.56 Å². The van der Waals surface area contributed by atoms with Gasteiger partial charge in [0.2, 0.25) is 17.7 Å². The number of fused-ring (bicyclic) bond motifs is 1. The van der Waals surface area contributed by atoms with Crippen molar-refractivity contribution in [1.82, 2.24) is 29.9 Å². The zero-order valence-electron chi connectivity index (χ0n) is 30.8. The van der Waals surface area contributed by atoms with E-state index in [0.717, 1.165) is 104 Å². The molecule has 1 unspecified atom stereocenters. The highest BCUT2D eigenvalue weighted by molar-refractivity contribution is 6.01. The van der Waals surface area contributed by atoms with Crippen LogP contribution in [0.5, 0.6) is 11.5 Å². The number of ether oxygens (including phenoxy) is 2. The molecule has 3 aliphatic rings. The molecule has 0 spiro atoms. The van der Waals surface area contributed by atoms with E-state index in [4.69, 9.17) is 9.47 Å². The Balaban J connectivity index is 0.872. The summed E-state index contributed by atoms with van der Waals surface area (Å²) in [6, 6.07) is 11.8. The van der Waals surface area contributed by atoms with Crippen LogP contribution in [0.3, 0.4) is 0 Å². The zero-order chi connectivity index (χ0) is 37.1. The molecule has 5 heterocycles. The molecule has 2 aromatic heterocycles. The molecule has 3 saturated heterocycles. The first-order valence-electron chi connectivity index (χ1n) is 18.7. The molecule has 4 aromatic rings. The second-order valence-corrected chi connectivity index (χ2v) is 14.7. The molecule has 280 valence electrons. The molecule has 3 aliphatic heterocycles. The maximum absolute atomic E-state index is 13.3. The van der Waals surface area contributed by atoms with E-state index < -0.39 is 6.04 Å². The van der Waals surface area contributed by atoms with Crippen LogP contribution >= 0.6 is 0 Å². The third-order valence-corrected chi connectivity index (χ3v) is 11.4. The number of H-pyrrole nitrogens is 1. The van der Waals surface area contributed by atoms with Gasteiger partial charge in [-0.3, -0.25) is 34.5 Å². The number of amides is 3. The minimum atomic E-state index is -0.396. The maximum Gasteiger partial charge on any atom is 0.276 e. The Kier molecular flexibility index (Phi) is 10.8. The van der Waals surface area contributed by atoms with Gasteiger partial charge < -0.3 is 24.3 Å². The fourth-order valence-electron chi connectivity index (χ4n) is 8.19. The second kappa shape index (κ2) is 15.8. The van der Waals surface area contributed by atoms with Gasteiger partial charge in [-0.05, 0) is 105 Å². The Labute approximate surface area is 309 Å². The number of carbonyl (C=O) groups is 3. The smallest absolute Gasteiger partial charge is 0.276 e. The van der Waals surface area contributed by atoms with Gasteiger partial charge >= 0.3 is 0 Å². The first kappa shape index (κ1) is 36.2. The Hall–Kier alpha value is -5.17. The van der Waals surface area contributed by atoms with Gasteiger partial charge in [-0.15, -0.1) is 0 Å². The van der Waals surface area contributed by atoms with E-state index in [1.54, 1.807) is 32.0 Å². The highest BCUT2D eigenvalue weighted by Gasteiger charge is 2.29. The molecule has 13 nitrogen and oxygen atoms in total. The van der Waals surface area contributed by atoms with Crippen LogP contribution in [0.1, 0.15) is 62.0 Å². The summed E-state index contributed by atoms with van der Waals surface area (Å²) >= 11 is 0. The molecule has 3 fully saturated rings. The number of likely N-dealkylation sites (tertiary alicyclic amines) is 2. The Morgan fingerprint density at radius 2 is 1.64 bits per heavy atom. The molecule has 2 aromatic carbocycles. The number of carbonyl (C=O) groups excluding carboxylic acids is 3. The number of nitrogens with one attached hydrogen (secondary N) is 3. The lowest BCUT2D eigenvalue weighted by atomic mass is 9.89. The Bertz CT molecular complexity index is 2000. The van der Waals surface area contributed by atoms with Crippen molar-refractivity contribution in [3.8, 4) is 22.6 Å². The van der Waals surface area contributed by atoms with Crippen molar-refractivity contribution in [3.63, 3.8) is 0 Å². The average Bonchev–Trinajstić information content (AvgIpc) is 3.68. The number of nitrogens with zero attached hydrogens (tertiary/aromatic N) is 4. The Morgan fingerprint density at radius 3 is 2.30 bits per heavy atom. The van der Waals surface area contributed by atoms with Crippen LogP contribution in [0.4, 0.5) is 5.69 Å². The number of imide groups is 1. The number of hydrogen-bond acceptors (Lipinski definition) is 9. The number of rotatable bonds is 11. The molecule has 3 N–H and O–H groups in total. The van der Waals surface area contributed by atoms with Gasteiger partial charge in [-0.25, -0.2) is 0 Å². The van der Waals surface area contributed by atoms with Crippen molar-refractivity contribution < 1.29 is 23.9 Å². The first-order chi connectivity index (χ1) is 25.7. The van der Waals surface area contributed by atoms with Gasteiger partial charge in [-0.2, -0.15) is 5.10 Å². The molecule has 0 saturated carbocycles. The largest absolute Gasteiger partial charge is 0.496 e. The molecule has 1 atom stereocenters. The molecule has 7 rings (SSSR count). The molecule has 3 amide bonds. The summed E-state index contributed by atoms with van der Waals surface area (Å²) in [6.07, 6.45) is 10.1. The summed E-state index contributed by atoms with van der Waals surface area (Å²) in [6.45, 7) is 3.80. The van der Waals surface area contributed by atoms with Crippen LogP contribution in [-0.4, -0.2) is 95.3 Å². The predicted molar refractivity (Wildman–Crippen MR) is 202 cm³/mol. The van der Waals surface area contributed by atoms with Gasteiger partial charge in [0.15, 0.2) is 0 Å². The summed E-state index contributed by atoms with van der Waals surface area (Å²) in [5.74, 6) is 2.19. The number of methoxy groups -OCH3 is 2. The summed E-state index contributed by atoms with van der Waals surface area (Å²) < 4.78 is 13.3. The molecule has 0 radical (unpaired) electrons. The summed E-state index contributed by atoms with van der Waals surface area (Å²) in [5, 5.41) is 13.3. The normalized spacial score (nSPS) is 19.0. The average molecular weight is 724 g/mol. The van der Waals surface area contributed by atoms with Crippen LogP contribution in [0.2, 0.25) is 0 Å². The number of aromatic nitrogens is 3. The van der Waals surface area contributed by atoms with Gasteiger partial charge in [0.1, 0.15) is 23.1 Å². The minimum absolute atomic E-state index is 0.129. The van der Waals surface area contributed by atoms with Gasteiger partial charge in [0.05, 0.1) is 27.0 Å². The van der Waals surface area contributed by atoms with Crippen LogP contribution < -0.4 is 25.7 Å². The SMILES string of the molecule is COc1cc(-c2cn(C)c(=O)c3[nH]ncc23)cc(OC)c1CCC1CCN(CC(=O)N2CCC(c3ccc(NC4CCC(=O)NC4=O)cc3)CC2)CC1. The number of benzene rings is 2. The van der Waals surface area contributed by atoms with E-state index >= 15 is 0 Å². The number of anilines is 1. The quantitative estimate of drug-likeness (QED) is 0.194. The summed E-state index contributed by atoms with van der Waals surface area (Å²) in [5.41, 5.74) is 5.25. The Morgan fingerprint density at radius 1 is 0.943 bits per heavy atom. The van der Waals surface area contributed by atoms with Crippen LogP contribution in [-0.2, 0) is 27.9 Å². The second-order valence-electron chi connectivity index (χ2n) is 14.7. The molecular formula is C40H49N7O6. The summed E-state index contributed by atoms with van der Waals surface area (Å²) in [7, 11) is 5.09. The van der Waals surface area contributed by atoms with Gasteiger partial charge in [0, 0.05) is 55.0 Å². The number of piperidine rings is 3. The van der Waals surface area contributed by atoms with Crippen molar-refractivity contribution in [2.45, 2.75) is 63.3 Å². The van der Waals surface area contributed by atoms with E-state index in [2.05, 4.69) is 37.9 Å². The van der Waals surface area contributed by atoms with Gasteiger partial charge in [-0.1, -0.05) is 12.1 Å². The number of hydrogen-bond donors (Lipinski definition) is 3. The fourth-order valence-corrected chi connectivity index (χ4v) is 8.19. The monoisotopic (exact) mass is 723 g/mol. The lowest BCUT2D eigenvalue weighted by Crippen LogP contribution is -2.47. The minimum Gasteiger partial charge on any atom is -0.496 e. The van der Waals surface area contributed by atoms with Crippen LogP contribution in [0.15, 0.2) is 53.6 Å². The highest BCUT2D eigenvalue weighted by Crippen LogP contribution is 2.39. The van der Waals surface area contributed by atoms with Crippen LogP contribution in [0.25, 0.3) is 22.0 Å². The molecule has 0 aliphatic carbocycles. The third-order valence-electron chi connectivity index (χ3n) is 11.4. The fraction of sp³-hybridized carbons (Fsp3) is 0.475. The van der Waals surface area contributed by atoms with Crippen molar-refractivity contribution >= 4 is 34.3 Å². The highest BCUT2D eigenvalue weighted by atomic mass is 16.5. The molecule has 53 heavy (non-hydrogen) atoms. The number of pyridine rings is 1. The lowest BCUT2D eigenvalue weighted by Gasteiger charge is -2.36. The molecule has 13 heteroatoms. The first-order valence-corrected chi connectivity index (χ1v) is 18.7. The van der Waals surface area contributed by atoms with Crippen molar-refractivity contribution in [2.24, 2.45) is 13.0 Å². The van der Waals surface area contributed by atoms with Gasteiger partial charge in [0.25, 0.3) is 5.56 Å². The predicted octanol–water partition coefficient (Wildman–Crippen LogP) is 4.21. The van der Waals surface area contributed by atoms with E-state index in [1.807, 2.05) is 35.4 Å². The zero-order valence-corrected chi connectivity index (χ0v) is 30.8. The number of aromatic amines is 1. The van der Waals surface area contributed by atoms with Crippen molar-refractivity contribution in [3.05, 3.63) is 70.3 Å². The third kappa shape index (κ3) is 7.95. The maximum atomic E-state index is 13.3.